The van der Waals surface area contributed by atoms with E-state index in [4.69, 9.17) is 16.7 Å². The maximum Gasteiger partial charge on any atom is 0.220 e. The summed E-state index contributed by atoms with van der Waals surface area (Å²) in [5.74, 6) is 0.565. The number of hydrogen-bond acceptors (Lipinski definition) is 5. The van der Waals surface area contributed by atoms with Gasteiger partial charge >= 0.3 is 0 Å². The van der Waals surface area contributed by atoms with Gasteiger partial charge in [0.2, 0.25) is 5.82 Å². The predicted molar refractivity (Wildman–Crippen MR) is 93.1 cm³/mol. The number of para-hydroxylation sites is 1. The molecule has 6 nitrogen and oxygen atoms in total. The molecule has 0 radical (unpaired) electrons. The van der Waals surface area contributed by atoms with Crippen LogP contribution in [0.25, 0.3) is 0 Å². The highest BCUT2D eigenvalue weighted by atomic mass is 35.5. The minimum absolute atomic E-state index is 0.0727. The minimum atomic E-state index is 0.0727. The highest BCUT2D eigenvalue weighted by Gasteiger charge is 2.31. The molecule has 2 heterocycles. The van der Waals surface area contributed by atoms with E-state index in [0.29, 0.717) is 12.2 Å². The second-order valence-electron chi connectivity index (χ2n) is 5.60. The van der Waals surface area contributed by atoms with Crippen LogP contribution in [0.1, 0.15) is 23.9 Å². The second kappa shape index (κ2) is 6.05. The molecule has 0 fully saturated rings. The smallest absolute Gasteiger partial charge is 0.220 e. The summed E-state index contributed by atoms with van der Waals surface area (Å²) in [6, 6.07) is 18.0. The molecule has 0 N–H and O–H groups in total. The summed E-state index contributed by atoms with van der Waals surface area (Å²) in [7, 11) is 1.75. The molecular formula is C17H15ClN6. The van der Waals surface area contributed by atoms with Crippen molar-refractivity contribution in [2.24, 2.45) is 12.1 Å². The van der Waals surface area contributed by atoms with Crippen LogP contribution in [0.4, 0.5) is 5.69 Å². The number of hydrazone groups is 1. The number of anilines is 1. The van der Waals surface area contributed by atoms with Gasteiger partial charge < -0.3 is 0 Å². The van der Waals surface area contributed by atoms with Gasteiger partial charge in [0.25, 0.3) is 0 Å². The zero-order valence-corrected chi connectivity index (χ0v) is 13.8. The Morgan fingerprint density at radius 3 is 2.46 bits per heavy atom. The lowest BCUT2D eigenvalue weighted by Gasteiger charge is -2.24. The number of nitrogens with zero attached hydrogens (tertiary/aromatic N) is 6. The number of aryl methyl sites for hydroxylation is 1. The molecule has 0 bridgehead atoms. The topological polar surface area (TPSA) is 59.2 Å². The molecule has 0 spiro atoms. The third-order valence-electron chi connectivity index (χ3n) is 3.95. The van der Waals surface area contributed by atoms with Crippen LogP contribution in [0.15, 0.2) is 59.7 Å². The van der Waals surface area contributed by atoms with Gasteiger partial charge in [-0.05, 0) is 35.0 Å². The molecular weight excluding hydrogens is 324 g/mol. The quantitative estimate of drug-likeness (QED) is 0.735. The first-order valence-corrected chi connectivity index (χ1v) is 8.00. The first kappa shape index (κ1) is 14.8. The van der Waals surface area contributed by atoms with Crippen molar-refractivity contribution in [2.45, 2.75) is 12.5 Å². The third-order valence-corrected chi connectivity index (χ3v) is 4.20. The lowest BCUT2D eigenvalue weighted by Crippen LogP contribution is -2.18. The van der Waals surface area contributed by atoms with Crippen molar-refractivity contribution >= 4 is 23.0 Å². The molecule has 0 saturated carbocycles. The Morgan fingerprint density at radius 1 is 1.04 bits per heavy atom. The largest absolute Gasteiger partial charge is 0.257 e. The van der Waals surface area contributed by atoms with E-state index in [-0.39, 0.29) is 6.04 Å². The van der Waals surface area contributed by atoms with Crippen LogP contribution in [0, 0.1) is 0 Å². The molecule has 120 valence electrons. The molecule has 1 aliphatic rings. The molecule has 7 heteroatoms. The number of aromatic nitrogens is 4. The van der Waals surface area contributed by atoms with Gasteiger partial charge in [0.05, 0.1) is 18.8 Å². The van der Waals surface area contributed by atoms with Crippen molar-refractivity contribution in [2.75, 3.05) is 5.01 Å². The molecule has 0 saturated heterocycles. The molecule has 0 aliphatic carbocycles. The Hall–Kier alpha value is -2.73. The lowest BCUT2D eigenvalue weighted by molar-refractivity contribution is 0.629. The highest BCUT2D eigenvalue weighted by molar-refractivity contribution is 6.30. The van der Waals surface area contributed by atoms with Crippen LogP contribution in [0.3, 0.4) is 0 Å². The van der Waals surface area contributed by atoms with Crippen LogP contribution in [-0.4, -0.2) is 25.9 Å². The van der Waals surface area contributed by atoms with Gasteiger partial charge in [0, 0.05) is 11.4 Å². The Bertz CT molecular complexity index is 872. The molecule has 1 unspecified atom stereocenters. The van der Waals surface area contributed by atoms with E-state index in [1.807, 2.05) is 59.6 Å². The van der Waals surface area contributed by atoms with Crippen LogP contribution in [-0.2, 0) is 7.05 Å². The van der Waals surface area contributed by atoms with Crippen LogP contribution >= 0.6 is 11.6 Å². The van der Waals surface area contributed by atoms with Gasteiger partial charge in [-0.2, -0.15) is 9.90 Å². The fourth-order valence-corrected chi connectivity index (χ4v) is 2.93. The van der Waals surface area contributed by atoms with Crippen molar-refractivity contribution in [3.05, 3.63) is 71.0 Å². The van der Waals surface area contributed by atoms with Gasteiger partial charge in [-0.15, -0.1) is 10.2 Å². The average Bonchev–Trinajstić information content (AvgIpc) is 3.23. The maximum atomic E-state index is 6.03. The van der Waals surface area contributed by atoms with Crippen molar-refractivity contribution in [1.82, 2.24) is 20.2 Å². The molecule has 2 aromatic carbocycles. The van der Waals surface area contributed by atoms with Crippen LogP contribution < -0.4 is 5.01 Å². The summed E-state index contributed by atoms with van der Waals surface area (Å²) >= 11 is 6.03. The molecule has 4 rings (SSSR count). The molecule has 1 aromatic heterocycles. The number of benzene rings is 2. The average molecular weight is 339 g/mol. The summed E-state index contributed by atoms with van der Waals surface area (Å²) in [5, 5.41) is 19.8. The van der Waals surface area contributed by atoms with E-state index in [9.17, 15) is 0 Å². The molecule has 0 amide bonds. The standard InChI is InChI=1S/C17H15ClN6/c1-23-21-17(19-22-23)15-11-16(12-7-9-13(18)10-8-12)24(20-15)14-5-3-2-4-6-14/h2-10,16H,11H2,1H3. The fraction of sp³-hybridized carbons (Fsp3) is 0.176. The molecule has 3 aromatic rings. The number of halogens is 1. The first-order chi connectivity index (χ1) is 11.7. The number of tetrazole rings is 1. The monoisotopic (exact) mass is 338 g/mol. The van der Waals surface area contributed by atoms with Crippen molar-refractivity contribution in [1.29, 1.82) is 0 Å². The summed E-state index contributed by atoms with van der Waals surface area (Å²) in [6.45, 7) is 0. The summed E-state index contributed by atoms with van der Waals surface area (Å²) in [4.78, 5) is 1.44. The maximum absolute atomic E-state index is 6.03. The van der Waals surface area contributed by atoms with Gasteiger partial charge in [-0.3, -0.25) is 5.01 Å². The first-order valence-electron chi connectivity index (χ1n) is 7.62. The Balaban J connectivity index is 1.74. The lowest BCUT2D eigenvalue weighted by atomic mass is 10.0. The van der Waals surface area contributed by atoms with Crippen molar-refractivity contribution < 1.29 is 0 Å². The Kier molecular flexibility index (Phi) is 3.74. The van der Waals surface area contributed by atoms with Crippen LogP contribution in [0.5, 0.6) is 0 Å². The van der Waals surface area contributed by atoms with E-state index in [1.54, 1.807) is 7.05 Å². The Labute approximate surface area is 144 Å². The summed E-state index contributed by atoms with van der Waals surface area (Å²) < 4.78 is 0. The predicted octanol–water partition coefficient (Wildman–Crippen LogP) is 3.22. The highest BCUT2D eigenvalue weighted by Crippen LogP contribution is 2.36. The van der Waals surface area contributed by atoms with Gasteiger partial charge in [0.15, 0.2) is 0 Å². The van der Waals surface area contributed by atoms with Crippen LogP contribution in [0.2, 0.25) is 5.02 Å². The Morgan fingerprint density at radius 2 is 1.79 bits per heavy atom. The number of rotatable bonds is 3. The summed E-state index contributed by atoms with van der Waals surface area (Å²) in [5.41, 5.74) is 2.99. The SMILES string of the molecule is Cn1nnc(C2=NN(c3ccccc3)C(c3ccc(Cl)cc3)C2)n1. The van der Waals surface area contributed by atoms with Gasteiger partial charge in [-0.25, -0.2) is 0 Å². The minimum Gasteiger partial charge on any atom is -0.257 e. The van der Waals surface area contributed by atoms with E-state index in [2.05, 4.69) is 15.4 Å². The van der Waals surface area contributed by atoms with E-state index in [0.717, 1.165) is 22.0 Å². The fourth-order valence-electron chi connectivity index (χ4n) is 2.81. The molecule has 1 aliphatic heterocycles. The zero-order valence-electron chi connectivity index (χ0n) is 13.0. The zero-order chi connectivity index (χ0) is 16.5. The number of hydrogen-bond donors (Lipinski definition) is 0. The third kappa shape index (κ3) is 2.76. The second-order valence-corrected chi connectivity index (χ2v) is 6.04. The van der Waals surface area contributed by atoms with E-state index >= 15 is 0 Å². The van der Waals surface area contributed by atoms with Crippen molar-refractivity contribution in [3.63, 3.8) is 0 Å². The van der Waals surface area contributed by atoms with E-state index in [1.165, 1.54) is 4.80 Å². The normalized spacial score (nSPS) is 17.2. The summed E-state index contributed by atoms with van der Waals surface area (Å²) in [6.07, 6.45) is 0.711. The van der Waals surface area contributed by atoms with Gasteiger partial charge in [0.1, 0.15) is 5.71 Å². The van der Waals surface area contributed by atoms with Crippen molar-refractivity contribution in [3.8, 4) is 0 Å². The van der Waals surface area contributed by atoms with Gasteiger partial charge in [-0.1, -0.05) is 41.9 Å². The molecule has 1 atom stereocenters. The molecule has 24 heavy (non-hydrogen) atoms. The van der Waals surface area contributed by atoms with E-state index < -0.39 is 0 Å².